The second-order valence-electron chi connectivity index (χ2n) is 9.26. The van der Waals surface area contributed by atoms with Gasteiger partial charge in [0.15, 0.2) is 17.3 Å². The Balaban J connectivity index is 1.32. The van der Waals surface area contributed by atoms with Gasteiger partial charge >= 0.3 is 6.03 Å². The van der Waals surface area contributed by atoms with Crippen molar-refractivity contribution in [1.29, 1.82) is 0 Å². The molecular formula is C25H26FN5O3. The summed E-state index contributed by atoms with van der Waals surface area (Å²) in [5.41, 5.74) is 3.04. The zero-order valence-corrected chi connectivity index (χ0v) is 19.0. The van der Waals surface area contributed by atoms with E-state index >= 15 is 4.39 Å². The number of aromatic nitrogens is 2. The predicted molar refractivity (Wildman–Crippen MR) is 124 cm³/mol. The zero-order chi connectivity index (χ0) is 23.4. The number of ether oxygens (including phenoxy) is 1. The van der Waals surface area contributed by atoms with Crippen LogP contribution in [0.4, 0.5) is 14.9 Å². The lowest BCUT2D eigenvalue weighted by Gasteiger charge is -2.30. The molecule has 2 aromatic heterocycles. The lowest BCUT2D eigenvalue weighted by molar-refractivity contribution is 0.0651. The number of likely N-dealkylation sites (tertiary alicyclic amines) is 1. The minimum atomic E-state index is -0.461. The molecule has 0 bridgehead atoms. The van der Waals surface area contributed by atoms with Crippen LogP contribution in [0.1, 0.15) is 47.2 Å². The van der Waals surface area contributed by atoms with Crippen molar-refractivity contribution in [2.45, 2.75) is 45.1 Å². The molecule has 176 valence electrons. The van der Waals surface area contributed by atoms with Crippen LogP contribution in [-0.2, 0) is 6.42 Å². The van der Waals surface area contributed by atoms with Gasteiger partial charge in [-0.25, -0.2) is 13.7 Å². The average molecular weight is 464 g/mol. The van der Waals surface area contributed by atoms with Crippen LogP contribution in [-0.4, -0.2) is 52.1 Å². The standard InChI is InChI=1S/C25H26FN5O3/c1-15-18(24(32)29-11-3-12-29)14-31-23(15)21(9-10-27-31)34-20-8-7-19-17(22(20)26)4-2-13-30(19)25(33)28-16-5-6-16/h7-10,14,16H,2-6,11-13H2,1H3,(H,28,33). The first kappa shape index (κ1) is 20.9. The number of amides is 3. The number of nitrogens with zero attached hydrogens (tertiary/aromatic N) is 4. The Morgan fingerprint density at radius 2 is 1.94 bits per heavy atom. The molecule has 4 heterocycles. The molecule has 0 atom stereocenters. The molecule has 1 saturated carbocycles. The summed E-state index contributed by atoms with van der Waals surface area (Å²) in [7, 11) is 0. The van der Waals surface area contributed by atoms with Gasteiger partial charge in [0.05, 0.1) is 17.4 Å². The first-order valence-electron chi connectivity index (χ1n) is 11.8. The smallest absolute Gasteiger partial charge is 0.322 e. The fourth-order valence-corrected chi connectivity index (χ4v) is 4.71. The van der Waals surface area contributed by atoms with Crippen LogP contribution in [0.2, 0.25) is 0 Å². The summed E-state index contributed by atoms with van der Waals surface area (Å²) < 4.78 is 23.2. The summed E-state index contributed by atoms with van der Waals surface area (Å²) in [6.07, 6.45) is 7.51. The number of halogens is 1. The zero-order valence-electron chi connectivity index (χ0n) is 19.0. The maximum atomic E-state index is 15.6. The molecule has 1 aromatic carbocycles. The van der Waals surface area contributed by atoms with E-state index < -0.39 is 5.82 Å². The van der Waals surface area contributed by atoms with Gasteiger partial charge in [-0.2, -0.15) is 5.10 Å². The molecule has 2 aliphatic heterocycles. The number of urea groups is 1. The number of carbonyl (C=O) groups is 2. The van der Waals surface area contributed by atoms with Crippen molar-refractivity contribution in [3.05, 3.63) is 53.1 Å². The molecule has 34 heavy (non-hydrogen) atoms. The van der Waals surface area contributed by atoms with Crippen molar-refractivity contribution in [1.82, 2.24) is 19.8 Å². The van der Waals surface area contributed by atoms with Crippen LogP contribution in [0.25, 0.3) is 5.52 Å². The highest BCUT2D eigenvalue weighted by Crippen LogP contribution is 2.38. The van der Waals surface area contributed by atoms with Crippen LogP contribution in [0.15, 0.2) is 30.6 Å². The molecule has 8 nitrogen and oxygen atoms in total. The summed E-state index contributed by atoms with van der Waals surface area (Å²) in [6, 6.07) is 5.06. The quantitative estimate of drug-likeness (QED) is 0.633. The normalized spacial score (nSPS) is 17.4. The molecule has 0 radical (unpaired) electrons. The first-order chi connectivity index (χ1) is 16.5. The minimum Gasteiger partial charge on any atom is -0.452 e. The Bertz CT molecular complexity index is 1310. The summed E-state index contributed by atoms with van der Waals surface area (Å²) in [6.45, 7) is 3.94. The van der Waals surface area contributed by atoms with Crippen LogP contribution in [0.5, 0.6) is 11.5 Å². The number of fused-ring (bicyclic) bond motifs is 2. The van der Waals surface area contributed by atoms with E-state index in [0.717, 1.165) is 37.9 Å². The number of benzene rings is 1. The van der Waals surface area contributed by atoms with Crippen LogP contribution in [0.3, 0.4) is 0 Å². The molecule has 0 spiro atoms. The first-order valence-corrected chi connectivity index (χ1v) is 11.8. The van der Waals surface area contributed by atoms with Crippen molar-refractivity contribution in [3.63, 3.8) is 0 Å². The van der Waals surface area contributed by atoms with E-state index in [1.807, 2.05) is 6.92 Å². The predicted octanol–water partition coefficient (Wildman–Crippen LogP) is 4.04. The number of carbonyl (C=O) groups excluding carboxylic acids is 2. The number of hydrogen-bond donors (Lipinski definition) is 1. The fraction of sp³-hybridized carbons (Fsp3) is 0.400. The van der Waals surface area contributed by atoms with E-state index in [2.05, 4.69) is 10.4 Å². The highest BCUT2D eigenvalue weighted by Gasteiger charge is 2.31. The SMILES string of the molecule is Cc1c(C(=O)N2CCC2)cn2nccc(Oc3ccc4c(c3F)CCCN4C(=O)NC3CC3)c12. The number of hydrogen-bond acceptors (Lipinski definition) is 4. The van der Waals surface area contributed by atoms with Crippen molar-refractivity contribution in [2.75, 3.05) is 24.5 Å². The van der Waals surface area contributed by atoms with Gasteiger partial charge in [0, 0.05) is 43.5 Å². The van der Waals surface area contributed by atoms with Gasteiger partial charge in [-0.05, 0) is 56.7 Å². The second kappa shape index (κ2) is 8.00. The van der Waals surface area contributed by atoms with E-state index in [1.54, 1.807) is 44.9 Å². The van der Waals surface area contributed by atoms with Crippen molar-refractivity contribution in [3.8, 4) is 11.5 Å². The Morgan fingerprint density at radius 3 is 2.68 bits per heavy atom. The summed E-state index contributed by atoms with van der Waals surface area (Å²) in [5.74, 6) is 0.0304. The molecule has 1 N–H and O–H groups in total. The Kier molecular flexibility index (Phi) is 4.93. The number of nitrogens with one attached hydrogen (secondary N) is 1. The molecule has 2 fully saturated rings. The average Bonchev–Trinajstić information content (AvgIpc) is 3.54. The van der Waals surface area contributed by atoms with Gasteiger partial charge in [0.1, 0.15) is 5.52 Å². The van der Waals surface area contributed by atoms with Crippen molar-refractivity contribution in [2.24, 2.45) is 0 Å². The number of anilines is 1. The fourth-order valence-electron chi connectivity index (χ4n) is 4.71. The second-order valence-corrected chi connectivity index (χ2v) is 9.26. The molecule has 3 amide bonds. The lowest BCUT2D eigenvalue weighted by atomic mass is 10.0. The maximum Gasteiger partial charge on any atom is 0.322 e. The topological polar surface area (TPSA) is 79.2 Å². The summed E-state index contributed by atoms with van der Waals surface area (Å²) >= 11 is 0. The summed E-state index contributed by atoms with van der Waals surface area (Å²) in [4.78, 5) is 28.9. The molecule has 3 aromatic rings. The molecule has 3 aliphatic rings. The van der Waals surface area contributed by atoms with E-state index in [4.69, 9.17) is 4.74 Å². The molecule has 9 heteroatoms. The van der Waals surface area contributed by atoms with Crippen LogP contribution < -0.4 is 15.0 Å². The van der Waals surface area contributed by atoms with Gasteiger partial charge in [0.2, 0.25) is 0 Å². The van der Waals surface area contributed by atoms with Crippen LogP contribution >= 0.6 is 0 Å². The molecule has 6 rings (SSSR count). The Morgan fingerprint density at radius 1 is 1.12 bits per heavy atom. The molecule has 1 aliphatic carbocycles. The summed E-state index contributed by atoms with van der Waals surface area (Å²) in [5, 5.41) is 7.31. The molecule has 0 unspecified atom stereocenters. The molecular weight excluding hydrogens is 437 g/mol. The third-order valence-electron chi connectivity index (χ3n) is 6.92. The monoisotopic (exact) mass is 463 g/mol. The Hall–Kier alpha value is -3.62. The van der Waals surface area contributed by atoms with Gasteiger partial charge in [0.25, 0.3) is 5.91 Å². The van der Waals surface area contributed by atoms with E-state index in [9.17, 15) is 9.59 Å². The largest absolute Gasteiger partial charge is 0.452 e. The third-order valence-corrected chi connectivity index (χ3v) is 6.92. The maximum absolute atomic E-state index is 15.6. The third kappa shape index (κ3) is 3.46. The number of aryl methyl sites for hydroxylation is 1. The van der Waals surface area contributed by atoms with Gasteiger partial charge < -0.3 is 15.0 Å². The highest BCUT2D eigenvalue weighted by molar-refractivity contribution is 5.98. The highest BCUT2D eigenvalue weighted by atomic mass is 19.1. The van der Waals surface area contributed by atoms with Crippen molar-refractivity contribution < 1.29 is 18.7 Å². The van der Waals surface area contributed by atoms with Gasteiger partial charge in [-0.3, -0.25) is 9.69 Å². The van der Waals surface area contributed by atoms with E-state index in [-0.39, 0.29) is 23.7 Å². The molecule has 1 saturated heterocycles. The van der Waals surface area contributed by atoms with E-state index in [1.165, 1.54) is 0 Å². The minimum absolute atomic E-state index is 0.0234. The lowest BCUT2D eigenvalue weighted by Crippen LogP contribution is -2.43. The van der Waals surface area contributed by atoms with Gasteiger partial charge in [-0.15, -0.1) is 0 Å². The number of rotatable bonds is 4. The van der Waals surface area contributed by atoms with Crippen molar-refractivity contribution >= 4 is 23.1 Å². The Labute approximate surface area is 196 Å². The van der Waals surface area contributed by atoms with E-state index in [0.29, 0.717) is 47.5 Å². The van der Waals surface area contributed by atoms with Gasteiger partial charge in [-0.1, -0.05) is 0 Å². The van der Waals surface area contributed by atoms with Crippen LogP contribution in [0, 0.1) is 12.7 Å².